The monoisotopic (exact) mass is 756 g/mol. The van der Waals surface area contributed by atoms with Crippen molar-refractivity contribution in [3.63, 3.8) is 0 Å². The zero-order valence-electron chi connectivity index (χ0n) is 26.9. The summed E-state index contributed by atoms with van der Waals surface area (Å²) in [5.74, 6) is -2.37. The summed E-state index contributed by atoms with van der Waals surface area (Å²) in [6, 6.07) is 14.3. The molecule has 6 N–H and O–H groups in total. The third kappa shape index (κ3) is 2.65. The van der Waals surface area contributed by atoms with Crippen molar-refractivity contribution in [1.82, 2.24) is 19.6 Å². The molecule has 10 heterocycles. The van der Waals surface area contributed by atoms with Gasteiger partial charge in [-0.15, -0.1) is 0 Å². The predicted octanol–water partition coefficient (Wildman–Crippen LogP) is 0.0526. The van der Waals surface area contributed by atoms with Gasteiger partial charge in [-0.25, -0.2) is 0 Å². The molecule has 8 fully saturated rings. The topological polar surface area (TPSA) is 186 Å². The molecule has 2 aromatic carbocycles. The van der Waals surface area contributed by atoms with Gasteiger partial charge in [-0.2, -0.15) is 0 Å². The van der Waals surface area contributed by atoms with Crippen molar-refractivity contribution >= 4 is 78.2 Å². The molecule has 12 atom stereocenters. The zero-order chi connectivity index (χ0) is 35.3. The van der Waals surface area contributed by atoms with Crippen LogP contribution in [0.1, 0.15) is 25.0 Å². The van der Waals surface area contributed by atoms with E-state index in [1.807, 2.05) is 0 Å². The highest BCUT2D eigenvalue weighted by Crippen LogP contribution is 2.78. The number of anilines is 2. The Bertz CT molecular complexity index is 1870. The van der Waals surface area contributed by atoms with Crippen LogP contribution in [0.4, 0.5) is 11.4 Å². The Balaban J connectivity index is 1.33. The van der Waals surface area contributed by atoms with Gasteiger partial charge in [-0.3, -0.25) is 29.0 Å². The third-order valence-electron chi connectivity index (χ3n) is 12.7. The Labute approximate surface area is 301 Å². The minimum Gasteiger partial charge on any atom is -0.389 e. The van der Waals surface area contributed by atoms with E-state index in [4.69, 9.17) is 0 Å². The quantitative estimate of drug-likeness (QED) is 0.231. The molecule has 50 heavy (non-hydrogen) atoms. The number of hydrogen-bond acceptors (Lipinski definition) is 14. The maximum Gasteiger partial charge on any atom is 0.266 e. The van der Waals surface area contributed by atoms with Gasteiger partial charge in [-0.05, 0) is 80.3 Å². The molecule has 0 radical (unpaired) electrons. The van der Waals surface area contributed by atoms with Crippen LogP contribution in [-0.2, 0) is 30.0 Å². The summed E-state index contributed by atoms with van der Waals surface area (Å²) < 4.78 is 0. The van der Waals surface area contributed by atoms with Crippen LogP contribution in [0.2, 0.25) is 0 Å². The number of fused-ring (bicyclic) bond motifs is 11. The Hall–Kier alpha value is -2.84. The molecule has 2 spiro atoms. The van der Waals surface area contributed by atoms with Gasteiger partial charge < -0.3 is 40.9 Å². The van der Waals surface area contributed by atoms with Crippen molar-refractivity contribution in [2.45, 2.75) is 80.9 Å². The fourth-order valence-electron chi connectivity index (χ4n) is 10.6. The summed E-state index contributed by atoms with van der Waals surface area (Å²) in [7, 11) is 6.94. The number of carbonyl (C=O) groups excluding carboxylic acids is 4. The predicted molar refractivity (Wildman–Crippen MR) is 187 cm³/mol. The Morgan fingerprint density at radius 3 is 1.34 bits per heavy atom. The second-order valence-electron chi connectivity index (χ2n) is 14.3. The summed E-state index contributed by atoms with van der Waals surface area (Å²) in [6.45, 7) is 2.90. The molecule has 0 unspecified atom stereocenters. The standard InChI is InChI=1S/C32H32N6O8S4/c1-13(39)29-25(45)37-21-27(15-9-5-7-11-17(15)33-21,19(41)31(37,49-47-29)23(43)35(29)3)28-16-10-6-8-12-18(16)34-22(28)38-26(46)30(14(2)40)36(4)24(44)32(38,20(28)42)50-48-30/h5-14,19-22,33-34,39-42H,1-4H3/t13-,14-,19+,20+,21-,22-,27-,28-,29+,30+,31+,32+/m1/s1. The van der Waals surface area contributed by atoms with E-state index in [0.717, 1.165) is 43.2 Å². The number of aliphatic hydroxyl groups is 4. The van der Waals surface area contributed by atoms with Crippen LogP contribution in [0.25, 0.3) is 0 Å². The van der Waals surface area contributed by atoms with Crippen molar-refractivity contribution in [2.75, 3.05) is 24.7 Å². The van der Waals surface area contributed by atoms with E-state index in [1.54, 1.807) is 48.5 Å². The molecule has 0 aromatic heterocycles. The van der Waals surface area contributed by atoms with Gasteiger partial charge in [-0.1, -0.05) is 36.4 Å². The molecule has 12 rings (SSSR count). The number of carbonyl (C=O) groups is 4. The largest absolute Gasteiger partial charge is 0.389 e. The first kappa shape index (κ1) is 31.9. The number of nitrogens with one attached hydrogen (secondary N) is 2. The van der Waals surface area contributed by atoms with E-state index in [9.17, 15) is 39.6 Å². The van der Waals surface area contributed by atoms with Gasteiger partial charge in [0.15, 0.2) is 0 Å². The molecular formula is C32H32N6O8S4. The number of likely N-dealkylation sites (N-methyl/N-ethyl adjacent to an activating group) is 2. The van der Waals surface area contributed by atoms with Crippen LogP contribution in [0.15, 0.2) is 48.5 Å². The minimum absolute atomic E-state index is 0.495. The van der Waals surface area contributed by atoms with Crippen LogP contribution in [0, 0.1) is 0 Å². The highest BCUT2D eigenvalue weighted by Gasteiger charge is 2.93. The van der Waals surface area contributed by atoms with Gasteiger partial charge in [0.1, 0.15) is 24.5 Å². The Morgan fingerprint density at radius 2 is 0.980 bits per heavy atom. The van der Waals surface area contributed by atoms with E-state index in [-0.39, 0.29) is 0 Å². The summed E-state index contributed by atoms with van der Waals surface area (Å²) in [5.41, 5.74) is -1.52. The van der Waals surface area contributed by atoms with Gasteiger partial charge in [0.05, 0.1) is 23.0 Å². The van der Waals surface area contributed by atoms with Crippen LogP contribution in [-0.4, -0.2) is 134 Å². The smallest absolute Gasteiger partial charge is 0.266 e. The molecule has 0 saturated carbocycles. The second-order valence-corrected chi connectivity index (χ2v) is 19.4. The lowest BCUT2D eigenvalue weighted by atomic mass is 9.52. The van der Waals surface area contributed by atoms with Crippen LogP contribution < -0.4 is 10.6 Å². The number of piperazine rings is 2. The molecule has 10 aliphatic rings. The molecule has 14 nitrogen and oxygen atoms in total. The lowest BCUT2D eigenvalue weighted by molar-refractivity contribution is -0.172. The SMILES string of the molecule is C[C@@H](O)[C@@]12SS[C@]3(C(=O)N1C)[C@@H](O)[C@]1([C@@]45c6ccccc6N[C@@H]4N4C(=O)[C@]6([C@@H](C)O)SS[C@]4(C(=O)N6C)[C@H]5O)c4ccccc4N[C@@H]1N3C2=O. The second kappa shape index (κ2) is 9.20. The Kier molecular flexibility index (Phi) is 5.86. The maximum atomic E-state index is 15.0. The van der Waals surface area contributed by atoms with E-state index >= 15 is 0 Å². The highest BCUT2D eigenvalue weighted by molar-refractivity contribution is 8.78. The van der Waals surface area contributed by atoms with E-state index in [0.29, 0.717) is 22.5 Å². The van der Waals surface area contributed by atoms with Crippen molar-refractivity contribution in [2.24, 2.45) is 0 Å². The molecule has 0 aliphatic carbocycles. The Morgan fingerprint density at radius 1 is 0.620 bits per heavy atom. The summed E-state index contributed by atoms with van der Waals surface area (Å²) in [5, 5.41) is 56.0. The molecule has 10 aliphatic heterocycles. The molecule has 4 bridgehead atoms. The lowest BCUT2D eigenvalue weighted by Gasteiger charge is -2.59. The third-order valence-corrected chi connectivity index (χ3v) is 20.2. The van der Waals surface area contributed by atoms with Gasteiger partial charge in [0.25, 0.3) is 23.6 Å². The number of amides is 4. The molecule has 4 amide bonds. The number of rotatable bonds is 3. The van der Waals surface area contributed by atoms with Crippen LogP contribution >= 0.6 is 43.2 Å². The molecule has 262 valence electrons. The summed E-state index contributed by atoms with van der Waals surface area (Å²) in [6.07, 6.45) is -8.45. The molecule has 8 saturated heterocycles. The van der Waals surface area contributed by atoms with E-state index < -0.39 is 90.7 Å². The van der Waals surface area contributed by atoms with Crippen molar-refractivity contribution in [3.05, 3.63) is 59.7 Å². The average Bonchev–Trinajstić information content (AvgIpc) is 3.74. The lowest BCUT2D eigenvalue weighted by Crippen LogP contribution is -2.80. The molecule has 18 heteroatoms. The number of nitrogens with zero attached hydrogens (tertiary/aromatic N) is 4. The van der Waals surface area contributed by atoms with Crippen molar-refractivity contribution in [1.29, 1.82) is 0 Å². The normalized spacial score (nSPS) is 45.5. The fraction of sp³-hybridized carbons (Fsp3) is 0.500. The van der Waals surface area contributed by atoms with Gasteiger partial charge in [0, 0.05) is 25.5 Å². The molecule has 2 aromatic rings. The molecular weight excluding hydrogens is 725 g/mol. The number of hydrogen-bond donors (Lipinski definition) is 6. The van der Waals surface area contributed by atoms with Crippen LogP contribution in [0.5, 0.6) is 0 Å². The first-order chi connectivity index (χ1) is 23.7. The van der Waals surface area contributed by atoms with Crippen molar-refractivity contribution < 1.29 is 39.6 Å². The number of benzene rings is 2. The fourth-order valence-corrected chi connectivity index (χ4v) is 18.6. The summed E-state index contributed by atoms with van der Waals surface area (Å²) >= 11 is 0. The zero-order valence-corrected chi connectivity index (χ0v) is 30.2. The number of para-hydroxylation sites is 2. The first-order valence-electron chi connectivity index (χ1n) is 16.1. The first-order valence-corrected chi connectivity index (χ1v) is 20.4. The highest BCUT2D eigenvalue weighted by atomic mass is 33.1. The van der Waals surface area contributed by atoms with E-state index in [1.165, 1.54) is 47.5 Å². The minimum atomic E-state index is -1.93. The van der Waals surface area contributed by atoms with Crippen LogP contribution in [0.3, 0.4) is 0 Å². The van der Waals surface area contributed by atoms with Gasteiger partial charge >= 0.3 is 0 Å². The van der Waals surface area contributed by atoms with Crippen molar-refractivity contribution in [3.8, 4) is 0 Å². The van der Waals surface area contributed by atoms with Gasteiger partial charge in [0.2, 0.25) is 19.5 Å². The summed E-state index contributed by atoms with van der Waals surface area (Å²) in [4.78, 5) is 57.4. The van der Waals surface area contributed by atoms with E-state index in [2.05, 4.69) is 10.6 Å². The number of aliphatic hydroxyl groups excluding tert-OH is 4. The maximum absolute atomic E-state index is 15.0. The average molecular weight is 757 g/mol.